The van der Waals surface area contributed by atoms with Gasteiger partial charge in [0.15, 0.2) is 0 Å². The van der Waals surface area contributed by atoms with E-state index in [1.807, 2.05) is 31.2 Å². The highest BCUT2D eigenvalue weighted by Gasteiger charge is 2.12. The van der Waals surface area contributed by atoms with Crippen LogP contribution in [0.5, 0.6) is 0 Å². The lowest BCUT2D eigenvalue weighted by Gasteiger charge is -2.11. The number of anilines is 1. The van der Waals surface area contributed by atoms with Crippen LogP contribution in [0.1, 0.15) is 42.1 Å². The van der Waals surface area contributed by atoms with Crippen LogP contribution in [-0.4, -0.2) is 31.6 Å². The van der Waals surface area contributed by atoms with Crippen molar-refractivity contribution in [2.45, 2.75) is 32.6 Å². The Bertz CT molecular complexity index is 717. The molecule has 2 rings (SSSR count). The second-order valence-electron chi connectivity index (χ2n) is 6.24. The molecule has 0 bridgehead atoms. The maximum Gasteiger partial charge on any atom is 0.253 e. The third-order valence-corrected chi connectivity index (χ3v) is 4.11. The van der Waals surface area contributed by atoms with E-state index in [2.05, 4.69) is 22.8 Å². The molecule has 0 aromatic heterocycles. The molecule has 5 nitrogen and oxygen atoms in total. The molecule has 0 fully saturated rings. The maximum atomic E-state index is 12.4. The van der Waals surface area contributed by atoms with Gasteiger partial charge >= 0.3 is 0 Å². The topological polar surface area (TPSA) is 67.4 Å². The van der Waals surface area contributed by atoms with Gasteiger partial charge in [-0.25, -0.2) is 0 Å². The number of carbonyl (C=O) groups is 2. The van der Waals surface area contributed by atoms with Crippen LogP contribution in [0.25, 0.3) is 0 Å². The Labute approximate surface area is 161 Å². The third kappa shape index (κ3) is 7.62. The fraction of sp³-hybridized carbons (Fsp3) is 0.364. The molecule has 2 N–H and O–H groups in total. The zero-order valence-electron chi connectivity index (χ0n) is 15.9. The quantitative estimate of drug-likeness (QED) is 0.593. The summed E-state index contributed by atoms with van der Waals surface area (Å²) in [5.41, 5.74) is 2.24. The molecule has 0 heterocycles. The normalized spacial score (nSPS) is 10.4. The largest absolute Gasteiger partial charge is 0.382 e. The number of nitrogens with one attached hydrogen (secondary N) is 2. The predicted octanol–water partition coefficient (Wildman–Crippen LogP) is 3.80. The minimum absolute atomic E-state index is 0.0810. The highest BCUT2D eigenvalue weighted by atomic mass is 16.5. The van der Waals surface area contributed by atoms with Crippen LogP contribution in [0.2, 0.25) is 0 Å². The van der Waals surface area contributed by atoms with Gasteiger partial charge in [0.1, 0.15) is 0 Å². The van der Waals surface area contributed by atoms with Crippen molar-refractivity contribution in [3.63, 3.8) is 0 Å². The summed E-state index contributed by atoms with van der Waals surface area (Å²) in [6, 6.07) is 17.2. The number of benzene rings is 2. The van der Waals surface area contributed by atoms with Crippen LogP contribution < -0.4 is 10.6 Å². The van der Waals surface area contributed by atoms with E-state index in [1.54, 1.807) is 18.2 Å². The number of carbonyl (C=O) groups excluding carboxylic acids is 2. The number of hydrogen-bond acceptors (Lipinski definition) is 3. The Morgan fingerprint density at radius 3 is 2.48 bits per heavy atom. The van der Waals surface area contributed by atoms with Gasteiger partial charge in [-0.3, -0.25) is 9.59 Å². The number of ether oxygens (including phenoxy) is 1. The molecule has 5 heteroatoms. The molecule has 144 valence electrons. The van der Waals surface area contributed by atoms with Gasteiger partial charge in [-0.05, 0) is 43.9 Å². The van der Waals surface area contributed by atoms with Crippen LogP contribution >= 0.6 is 0 Å². The van der Waals surface area contributed by atoms with Gasteiger partial charge < -0.3 is 15.4 Å². The van der Waals surface area contributed by atoms with Crippen molar-refractivity contribution < 1.29 is 14.3 Å². The molecule has 0 saturated heterocycles. The second-order valence-corrected chi connectivity index (χ2v) is 6.24. The molecule has 0 aliphatic carbocycles. The van der Waals surface area contributed by atoms with Crippen molar-refractivity contribution in [3.05, 3.63) is 65.7 Å². The molecule has 0 saturated carbocycles. The summed E-state index contributed by atoms with van der Waals surface area (Å²) in [7, 11) is 0. The van der Waals surface area contributed by atoms with E-state index in [0.717, 1.165) is 19.3 Å². The molecule has 0 aliphatic heterocycles. The minimum Gasteiger partial charge on any atom is -0.382 e. The summed E-state index contributed by atoms with van der Waals surface area (Å²) in [6.07, 6.45) is 2.80. The third-order valence-electron chi connectivity index (χ3n) is 4.11. The van der Waals surface area contributed by atoms with Crippen molar-refractivity contribution in [1.29, 1.82) is 0 Å². The van der Waals surface area contributed by atoms with Gasteiger partial charge in [0.05, 0.1) is 11.3 Å². The van der Waals surface area contributed by atoms with Crippen LogP contribution in [0.15, 0.2) is 54.6 Å². The molecule has 2 amide bonds. The van der Waals surface area contributed by atoms with E-state index in [4.69, 9.17) is 4.74 Å². The van der Waals surface area contributed by atoms with Crippen molar-refractivity contribution in [2.75, 3.05) is 25.1 Å². The minimum atomic E-state index is -0.188. The highest BCUT2D eigenvalue weighted by molar-refractivity contribution is 6.03. The standard InChI is InChI=1S/C22H28N2O3/c1-2-27-17-9-16-23-22(26)19-13-6-7-14-20(19)24-21(25)15-8-12-18-10-4-3-5-11-18/h3-7,10-11,13-14H,2,8-9,12,15-17H2,1H3,(H,23,26)(H,24,25). The van der Waals surface area contributed by atoms with Crippen LogP contribution in [0.4, 0.5) is 5.69 Å². The van der Waals surface area contributed by atoms with Crippen molar-refractivity contribution in [3.8, 4) is 0 Å². The number of para-hydroxylation sites is 1. The Balaban J connectivity index is 1.81. The molecule has 27 heavy (non-hydrogen) atoms. The first kappa shape index (κ1) is 20.6. The summed E-state index contributed by atoms with van der Waals surface area (Å²) >= 11 is 0. The molecule has 0 unspecified atom stereocenters. The molecule has 2 aromatic rings. The van der Waals surface area contributed by atoms with E-state index < -0.39 is 0 Å². The number of amides is 2. The fourth-order valence-electron chi connectivity index (χ4n) is 2.72. The molecule has 2 aromatic carbocycles. The van der Waals surface area contributed by atoms with Gasteiger partial charge in [-0.2, -0.15) is 0 Å². The van der Waals surface area contributed by atoms with Gasteiger partial charge in [0, 0.05) is 26.2 Å². The zero-order valence-corrected chi connectivity index (χ0v) is 15.9. The Kier molecular flexibility index (Phi) is 9.07. The molecule has 0 spiro atoms. The van der Waals surface area contributed by atoms with Gasteiger partial charge in [0.25, 0.3) is 5.91 Å². The van der Waals surface area contributed by atoms with Crippen molar-refractivity contribution >= 4 is 17.5 Å². The SMILES string of the molecule is CCOCCCNC(=O)c1ccccc1NC(=O)CCCc1ccccc1. The first-order valence-electron chi connectivity index (χ1n) is 9.49. The van der Waals surface area contributed by atoms with Crippen molar-refractivity contribution in [1.82, 2.24) is 5.32 Å². The van der Waals surface area contributed by atoms with E-state index in [-0.39, 0.29) is 11.8 Å². The molecular formula is C22H28N2O3. The van der Waals surface area contributed by atoms with Crippen LogP contribution in [0.3, 0.4) is 0 Å². The average molecular weight is 368 g/mol. The molecule has 0 atom stereocenters. The first-order valence-corrected chi connectivity index (χ1v) is 9.49. The van der Waals surface area contributed by atoms with E-state index in [0.29, 0.717) is 37.4 Å². The van der Waals surface area contributed by atoms with Crippen LogP contribution in [-0.2, 0) is 16.0 Å². The smallest absolute Gasteiger partial charge is 0.253 e. The number of hydrogen-bond donors (Lipinski definition) is 2. The lowest BCUT2D eigenvalue weighted by atomic mass is 10.1. The number of rotatable bonds is 11. The lowest BCUT2D eigenvalue weighted by Crippen LogP contribution is -2.26. The van der Waals surface area contributed by atoms with Gasteiger partial charge in [0.2, 0.25) is 5.91 Å². The lowest BCUT2D eigenvalue weighted by molar-refractivity contribution is -0.116. The Morgan fingerprint density at radius 2 is 1.70 bits per heavy atom. The number of aryl methyl sites for hydroxylation is 1. The van der Waals surface area contributed by atoms with Crippen molar-refractivity contribution in [2.24, 2.45) is 0 Å². The maximum absolute atomic E-state index is 12.4. The predicted molar refractivity (Wildman–Crippen MR) is 108 cm³/mol. The summed E-state index contributed by atoms with van der Waals surface area (Å²) in [4.78, 5) is 24.6. The highest BCUT2D eigenvalue weighted by Crippen LogP contribution is 2.16. The van der Waals surface area contributed by atoms with E-state index in [9.17, 15) is 9.59 Å². The zero-order chi connectivity index (χ0) is 19.3. The molecule has 0 radical (unpaired) electrons. The van der Waals surface area contributed by atoms with E-state index in [1.165, 1.54) is 5.56 Å². The van der Waals surface area contributed by atoms with Gasteiger partial charge in [-0.15, -0.1) is 0 Å². The molecule has 0 aliphatic rings. The van der Waals surface area contributed by atoms with E-state index >= 15 is 0 Å². The Hall–Kier alpha value is -2.66. The average Bonchev–Trinajstić information content (AvgIpc) is 2.69. The van der Waals surface area contributed by atoms with Gasteiger partial charge in [-0.1, -0.05) is 42.5 Å². The summed E-state index contributed by atoms with van der Waals surface area (Å²) in [5, 5.41) is 5.73. The fourth-order valence-corrected chi connectivity index (χ4v) is 2.72. The summed E-state index contributed by atoms with van der Waals surface area (Å²) in [5.74, 6) is -0.269. The molecular weight excluding hydrogens is 340 g/mol. The Morgan fingerprint density at radius 1 is 0.963 bits per heavy atom. The first-order chi connectivity index (χ1) is 13.2. The van der Waals surface area contributed by atoms with Crippen LogP contribution in [0, 0.1) is 0 Å². The monoisotopic (exact) mass is 368 g/mol. The summed E-state index contributed by atoms with van der Waals surface area (Å²) in [6.45, 7) is 3.78. The summed E-state index contributed by atoms with van der Waals surface area (Å²) < 4.78 is 5.26. The second kappa shape index (κ2) is 11.9.